The molecule has 0 amide bonds. The molecule has 0 saturated carbocycles. The molecule has 0 aromatic carbocycles. The Bertz CT molecular complexity index is 42.2. The van der Waals surface area contributed by atoms with E-state index in [0.29, 0.717) is 0 Å². The number of unbranched alkanes of at least 4 members (excludes halogenated alkanes) is 4. The van der Waals surface area contributed by atoms with E-state index in [1.807, 2.05) is 0 Å². The van der Waals surface area contributed by atoms with Gasteiger partial charge in [0, 0.05) is 0 Å². The predicted molar refractivity (Wildman–Crippen MR) is 40.8 cm³/mol. The molecule has 2 heteroatoms. The predicted octanol–water partition coefficient (Wildman–Crippen LogP) is 3.32. The van der Waals surface area contributed by atoms with E-state index in [4.69, 9.17) is 0 Å². The lowest BCUT2D eigenvalue weighted by Crippen LogP contribution is -1.80. The molecule has 0 saturated heterocycles. The van der Waals surface area contributed by atoms with Crippen LogP contribution in [0.25, 0.3) is 0 Å². The van der Waals surface area contributed by atoms with Crippen molar-refractivity contribution >= 4 is 9.24 Å². The van der Waals surface area contributed by atoms with Crippen LogP contribution in [0.3, 0.4) is 0 Å². The van der Waals surface area contributed by atoms with Gasteiger partial charge in [0.2, 0.25) is 0 Å². The molecule has 0 N–H and O–H groups in total. The molecule has 0 aliphatic rings. The van der Waals surface area contributed by atoms with Crippen molar-refractivity contribution in [3.05, 3.63) is 0 Å². The van der Waals surface area contributed by atoms with Gasteiger partial charge in [-0.3, -0.25) is 4.39 Å². The van der Waals surface area contributed by atoms with Crippen molar-refractivity contribution in [1.82, 2.24) is 0 Å². The van der Waals surface area contributed by atoms with Gasteiger partial charge in [0.05, 0.1) is 6.67 Å². The maximum absolute atomic E-state index is 11.5. The molecule has 9 heavy (non-hydrogen) atoms. The van der Waals surface area contributed by atoms with E-state index < -0.39 is 0 Å². The minimum absolute atomic E-state index is 0.152. The van der Waals surface area contributed by atoms with Crippen LogP contribution in [0.5, 0.6) is 0 Å². The molecule has 0 aliphatic carbocycles. The van der Waals surface area contributed by atoms with Gasteiger partial charge in [-0.05, 0) is 28.2 Å². The van der Waals surface area contributed by atoms with Crippen molar-refractivity contribution in [3.8, 4) is 0 Å². The van der Waals surface area contributed by atoms with E-state index in [-0.39, 0.29) is 6.67 Å². The maximum atomic E-state index is 11.5. The maximum Gasteiger partial charge on any atom is 0.0894 e. The molecule has 0 atom stereocenters. The zero-order chi connectivity index (χ0) is 6.95. The second kappa shape index (κ2) is 8.36. The standard InChI is InChI=1S/C7H14FP/c8-6-4-2-1-3-5-7-9/h1-7H2. The fraction of sp³-hybridized carbons (Fsp3) is 1.00. The molecule has 0 rings (SSSR count). The Labute approximate surface area is 59.4 Å². The summed E-state index contributed by atoms with van der Waals surface area (Å²) < 4.78 is 11.5. The van der Waals surface area contributed by atoms with Crippen molar-refractivity contribution in [2.75, 3.05) is 12.8 Å². The van der Waals surface area contributed by atoms with Crippen LogP contribution in [-0.2, 0) is 0 Å². The average Bonchev–Trinajstić information content (AvgIpc) is 1.89. The highest BCUT2D eigenvalue weighted by molar-refractivity contribution is 7.16. The molecule has 0 heterocycles. The summed E-state index contributed by atoms with van der Waals surface area (Å²) in [6.07, 6.45) is 6.32. The molecule has 0 nitrogen and oxygen atoms in total. The zero-order valence-electron chi connectivity index (χ0n) is 5.77. The molecule has 54 valence electrons. The molecule has 0 spiro atoms. The highest BCUT2D eigenvalue weighted by Crippen LogP contribution is 2.04. The first-order valence-electron chi connectivity index (χ1n) is 3.58. The lowest BCUT2D eigenvalue weighted by molar-refractivity contribution is 0.452. The van der Waals surface area contributed by atoms with Crippen LogP contribution in [0, 0.1) is 0 Å². The summed E-state index contributed by atoms with van der Waals surface area (Å²) in [5.74, 6) is 0. The van der Waals surface area contributed by atoms with E-state index in [1.165, 1.54) is 19.3 Å². The first-order valence-corrected chi connectivity index (χ1v) is 4.22. The van der Waals surface area contributed by atoms with Gasteiger partial charge in [-0.25, -0.2) is 0 Å². The van der Waals surface area contributed by atoms with Crippen LogP contribution in [-0.4, -0.2) is 12.8 Å². The Morgan fingerprint density at radius 2 is 1.44 bits per heavy atom. The Morgan fingerprint density at radius 3 is 2.00 bits per heavy atom. The Kier molecular flexibility index (Phi) is 8.69. The third kappa shape index (κ3) is 8.36. The molecule has 0 fully saturated rings. The first kappa shape index (κ1) is 9.36. The molecule has 0 aliphatic heterocycles. The van der Waals surface area contributed by atoms with Gasteiger partial charge in [0.25, 0.3) is 0 Å². The number of hydrogen-bond donors (Lipinski definition) is 0. The summed E-state index contributed by atoms with van der Waals surface area (Å²) >= 11 is 0. The Morgan fingerprint density at radius 1 is 0.889 bits per heavy atom. The van der Waals surface area contributed by atoms with Gasteiger partial charge >= 0.3 is 0 Å². The van der Waals surface area contributed by atoms with Crippen LogP contribution in [0.15, 0.2) is 0 Å². The molecule has 0 unspecified atom stereocenters. The molecule has 0 aromatic heterocycles. The van der Waals surface area contributed by atoms with Crippen LogP contribution in [0.1, 0.15) is 32.1 Å². The minimum Gasteiger partial charge on any atom is -0.251 e. The van der Waals surface area contributed by atoms with Gasteiger partial charge < -0.3 is 0 Å². The second-order valence-electron chi connectivity index (χ2n) is 2.18. The Hall–Kier alpha value is 0.360. The monoisotopic (exact) mass is 148 g/mol. The number of rotatable bonds is 6. The first-order chi connectivity index (χ1) is 4.41. The van der Waals surface area contributed by atoms with E-state index in [0.717, 1.165) is 19.0 Å². The zero-order valence-corrected chi connectivity index (χ0v) is 6.67. The highest BCUT2D eigenvalue weighted by atomic mass is 31.0. The lowest BCUT2D eigenvalue weighted by Gasteiger charge is -1.94. The van der Waals surface area contributed by atoms with Crippen LogP contribution in [0.4, 0.5) is 4.39 Å². The normalized spacial score (nSPS) is 10.0. The van der Waals surface area contributed by atoms with Crippen molar-refractivity contribution < 1.29 is 4.39 Å². The number of hydrogen-bond acceptors (Lipinski definition) is 0. The molecule has 0 aromatic rings. The van der Waals surface area contributed by atoms with E-state index in [1.54, 1.807) is 0 Å². The summed E-state index contributed by atoms with van der Waals surface area (Å²) in [5.41, 5.74) is 0. The van der Waals surface area contributed by atoms with E-state index in [2.05, 4.69) is 9.24 Å². The largest absolute Gasteiger partial charge is 0.251 e. The Balaban J connectivity index is 2.60. The van der Waals surface area contributed by atoms with Gasteiger partial charge in [-0.15, -0.1) is 0 Å². The fourth-order valence-electron chi connectivity index (χ4n) is 0.737. The van der Waals surface area contributed by atoms with Gasteiger partial charge in [0.1, 0.15) is 0 Å². The topological polar surface area (TPSA) is 0 Å². The SMILES string of the molecule is FCCCCCCC[P]. The van der Waals surface area contributed by atoms with Crippen LogP contribution in [0.2, 0.25) is 0 Å². The van der Waals surface area contributed by atoms with Gasteiger partial charge in [0.15, 0.2) is 0 Å². The highest BCUT2D eigenvalue weighted by Gasteiger charge is 1.87. The molecular formula is C7H14FP. The van der Waals surface area contributed by atoms with Crippen molar-refractivity contribution in [1.29, 1.82) is 0 Å². The molecular weight excluding hydrogens is 134 g/mol. The molecule has 2 radical (unpaired) electrons. The third-order valence-corrected chi connectivity index (χ3v) is 1.61. The molecule has 0 bridgehead atoms. The van der Waals surface area contributed by atoms with E-state index >= 15 is 0 Å². The summed E-state index contributed by atoms with van der Waals surface area (Å²) in [4.78, 5) is 0. The van der Waals surface area contributed by atoms with Crippen molar-refractivity contribution in [2.45, 2.75) is 32.1 Å². The summed E-state index contributed by atoms with van der Waals surface area (Å²) in [7, 11) is 4.07. The summed E-state index contributed by atoms with van der Waals surface area (Å²) in [5, 5.41) is 0. The van der Waals surface area contributed by atoms with Crippen molar-refractivity contribution in [2.24, 2.45) is 0 Å². The lowest BCUT2D eigenvalue weighted by atomic mass is 10.2. The minimum atomic E-state index is -0.152. The van der Waals surface area contributed by atoms with Gasteiger partial charge in [-0.1, -0.05) is 19.3 Å². The van der Waals surface area contributed by atoms with E-state index in [9.17, 15) is 4.39 Å². The summed E-state index contributed by atoms with van der Waals surface area (Å²) in [6.45, 7) is -0.152. The fourth-order valence-corrected chi connectivity index (χ4v) is 0.960. The average molecular weight is 148 g/mol. The smallest absolute Gasteiger partial charge is 0.0894 e. The quantitative estimate of drug-likeness (QED) is 0.400. The number of halogens is 1. The van der Waals surface area contributed by atoms with Crippen LogP contribution >= 0.6 is 9.24 Å². The summed E-state index contributed by atoms with van der Waals surface area (Å²) in [6, 6.07) is 0. The van der Waals surface area contributed by atoms with Crippen LogP contribution < -0.4 is 0 Å². The number of alkyl halides is 1. The van der Waals surface area contributed by atoms with Gasteiger partial charge in [-0.2, -0.15) is 0 Å². The van der Waals surface area contributed by atoms with Crippen molar-refractivity contribution in [3.63, 3.8) is 0 Å². The third-order valence-electron chi connectivity index (χ3n) is 1.29. The second-order valence-corrected chi connectivity index (χ2v) is 2.63.